The van der Waals surface area contributed by atoms with E-state index in [9.17, 15) is 4.79 Å². The third-order valence-corrected chi connectivity index (χ3v) is 5.71. The number of hydrogen-bond acceptors (Lipinski definition) is 7. The highest BCUT2D eigenvalue weighted by atomic mass is 35.5. The summed E-state index contributed by atoms with van der Waals surface area (Å²) >= 11 is 18.3. The minimum atomic E-state index is -0.584. The van der Waals surface area contributed by atoms with Crippen LogP contribution < -0.4 is 10.6 Å². The van der Waals surface area contributed by atoms with Gasteiger partial charge in [0.2, 0.25) is 0 Å². The number of anilines is 2. The second-order valence-electron chi connectivity index (χ2n) is 7.08. The van der Waals surface area contributed by atoms with E-state index in [2.05, 4.69) is 20.8 Å². The first-order valence-electron chi connectivity index (χ1n) is 10.0. The molecule has 0 radical (unpaired) electrons. The molecule has 2 heterocycles. The predicted octanol–water partition coefficient (Wildman–Crippen LogP) is 6.55. The van der Waals surface area contributed by atoms with Gasteiger partial charge in [-0.05, 0) is 48.9 Å². The summed E-state index contributed by atoms with van der Waals surface area (Å²) in [5, 5.41) is 13.0. The molecule has 2 aromatic heterocycles. The molecule has 0 amide bonds. The molecule has 4 rings (SSSR count). The summed E-state index contributed by atoms with van der Waals surface area (Å²) in [6, 6.07) is 12.4. The molecule has 0 bridgehead atoms. The van der Waals surface area contributed by atoms with Crippen LogP contribution in [-0.4, -0.2) is 36.3 Å². The molecular formula is C23H19Cl3N4O3. The normalized spacial score (nSPS) is 10.9. The van der Waals surface area contributed by atoms with Crippen LogP contribution in [0.1, 0.15) is 16.8 Å². The number of aromatic nitrogens is 2. The SMILES string of the molecule is COC(=O)c1c(NCCCNc2ccnc3cc(Cl)ccc23)noc1-c1ccc(Cl)cc1Cl. The predicted molar refractivity (Wildman–Crippen MR) is 132 cm³/mol. The highest BCUT2D eigenvalue weighted by Gasteiger charge is 2.26. The molecule has 0 fully saturated rings. The summed E-state index contributed by atoms with van der Waals surface area (Å²) in [7, 11) is 1.29. The Morgan fingerprint density at radius 2 is 1.79 bits per heavy atom. The lowest BCUT2D eigenvalue weighted by atomic mass is 10.1. The molecule has 0 unspecified atom stereocenters. The number of fused-ring (bicyclic) bond motifs is 1. The standard InChI is InChI=1S/C23H19Cl3N4O3/c1-32-23(31)20-21(15-5-3-13(24)11-17(15)26)33-30-22(20)29-9-2-8-27-18-7-10-28-19-12-14(25)4-6-16(18)19/h3-7,10-12H,2,8-9H2,1H3,(H,27,28)(H,29,30). The molecule has 0 atom stereocenters. The molecule has 0 saturated carbocycles. The van der Waals surface area contributed by atoms with E-state index in [1.165, 1.54) is 7.11 Å². The quantitative estimate of drug-likeness (QED) is 0.207. The van der Waals surface area contributed by atoms with Gasteiger partial charge in [0.25, 0.3) is 0 Å². The lowest BCUT2D eigenvalue weighted by Crippen LogP contribution is -2.12. The number of rotatable bonds is 8. The number of benzene rings is 2. The van der Waals surface area contributed by atoms with Gasteiger partial charge in [-0.1, -0.05) is 40.0 Å². The van der Waals surface area contributed by atoms with Gasteiger partial charge in [0.15, 0.2) is 17.1 Å². The minimum Gasteiger partial charge on any atom is -0.465 e. The Hall–Kier alpha value is -3.00. The zero-order chi connectivity index (χ0) is 23.4. The molecule has 4 aromatic rings. The molecule has 2 aromatic carbocycles. The fourth-order valence-electron chi connectivity index (χ4n) is 3.35. The Balaban J connectivity index is 1.43. The van der Waals surface area contributed by atoms with Gasteiger partial charge in [0.05, 0.1) is 17.6 Å². The van der Waals surface area contributed by atoms with Crippen LogP contribution in [0.15, 0.2) is 53.2 Å². The van der Waals surface area contributed by atoms with E-state index >= 15 is 0 Å². The average molecular weight is 506 g/mol. The number of pyridine rings is 1. The first-order chi connectivity index (χ1) is 16.0. The van der Waals surface area contributed by atoms with Gasteiger partial charge < -0.3 is 19.9 Å². The Kier molecular flexibility index (Phi) is 7.23. The van der Waals surface area contributed by atoms with E-state index in [-0.39, 0.29) is 17.1 Å². The zero-order valence-electron chi connectivity index (χ0n) is 17.5. The number of halogens is 3. The number of ether oxygens (including phenoxy) is 1. The van der Waals surface area contributed by atoms with Gasteiger partial charge in [-0.3, -0.25) is 4.98 Å². The summed E-state index contributed by atoms with van der Waals surface area (Å²) < 4.78 is 10.4. The van der Waals surface area contributed by atoms with E-state index in [0.29, 0.717) is 33.7 Å². The molecule has 0 aliphatic heterocycles. The van der Waals surface area contributed by atoms with Crippen molar-refractivity contribution in [3.05, 3.63) is 69.3 Å². The van der Waals surface area contributed by atoms with Crippen molar-refractivity contribution in [2.75, 3.05) is 30.8 Å². The molecule has 10 heteroatoms. The lowest BCUT2D eigenvalue weighted by Gasteiger charge is -2.10. The van der Waals surface area contributed by atoms with E-state index in [1.807, 2.05) is 24.3 Å². The number of methoxy groups -OCH3 is 1. The van der Waals surface area contributed by atoms with Crippen LogP contribution in [0.4, 0.5) is 11.5 Å². The van der Waals surface area contributed by atoms with Gasteiger partial charge in [-0.2, -0.15) is 0 Å². The lowest BCUT2D eigenvalue weighted by molar-refractivity contribution is 0.0602. The monoisotopic (exact) mass is 504 g/mol. The second kappa shape index (κ2) is 10.3. The number of hydrogen-bond donors (Lipinski definition) is 2. The molecule has 2 N–H and O–H groups in total. The Morgan fingerprint density at radius 1 is 1.03 bits per heavy atom. The van der Waals surface area contributed by atoms with Crippen molar-refractivity contribution in [3.8, 4) is 11.3 Å². The Labute approximate surface area is 205 Å². The Bertz CT molecular complexity index is 1310. The number of carbonyl (C=O) groups is 1. The highest BCUT2D eigenvalue weighted by molar-refractivity contribution is 6.36. The zero-order valence-corrected chi connectivity index (χ0v) is 19.8. The third-order valence-electron chi connectivity index (χ3n) is 4.92. The summed E-state index contributed by atoms with van der Waals surface area (Å²) in [5.74, 6) is -0.0854. The largest absolute Gasteiger partial charge is 0.465 e. The maximum Gasteiger partial charge on any atom is 0.345 e. The highest BCUT2D eigenvalue weighted by Crippen LogP contribution is 2.36. The van der Waals surface area contributed by atoms with Gasteiger partial charge in [0, 0.05) is 46.0 Å². The van der Waals surface area contributed by atoms with Crippen molar-refractivity contribution in [2.24, 2.45) is 0 Å². The van der Waals surface area contributed by atoms with E-state index in [4.69, 9.17) is 44.1 Å². The van der Waals surface area contributed by atoms with Crippen molar-refractivity contribution >= 4 is 63.2 Å². The molecule has 0 spiro atoms. The van der Waals surface area contributed by atoms with Crippen LogP contribution in [0.5, 0.6) is 0 Å². The first kappa shape index (κ1) is 23.2. The first-order valence-corrected chi connectivity index (χ1v) is 11.2. The third kappa shape index (κ3) is 5.16. The van der Waals surface area contributed by atoms with Crippen molar-refractivity contribution in [1.29, 1.82) is 0 Å². The van der Waals surface area contributed by atoms with Crippen LogP contribution >= 0.6 is 34.8 Å². The van der Waals surface area contributed by atoms with Gasteiger partial charge in [-0.15, -0.1) is 0 Å². The van der Waals surface area contributed by atoms with Crippen LogP contribution in [0.25, 0.3) is 22.2 Å². The number of esters is 1. The number of carbonyl (C=O) groups excluding carboxylic acids is 1. The topological polar surface area (TPSA) is 89.3 Å². The summed E-state index contributed by atoms with van der Waals surface area (Å²) in [6.07, 6.45) is 2.47. The summed E-state index contributed by atoms with van der Waals surface area (Å²) in [4.78, 5) is 16.8. The number of nitrogens with zero attached hydrogens (tertiary/aromatic N) is 2. The molecule has 33 heavy (non-hydrogen) atoms. The van der Waals surface area contributed by atoms with Crippen molar-refractivity contribution in [2.45, 2.75) is 6.42 Å². The molecule has 0 aliphatic rings. The van der Waals surface area contributed by atoms with Crippen LogP contribution in [-0.2, 0) is 4.74 Å². The minimum absolute atomic E-state index is 0.173. The van der Waals surface area contributed by atoms with E-state index < -0.39 is 5.97 Å². The molecule has 7 nitrogen and oxygen atoms in total. The van der Waals surface area contributed by atoms with Crippen LogP contribution in [0, 0.1) is 0 Å². The summed E-state index contributed by atoms with van der Waals surface area (Å²) in [5.41, 5.74) is 2.46. The molecule has 170 valence electrons. The maximum absolute atomic E-state index is 12.4. The van der Waals surface area contributed by atoms with E-state index in [1.54, 1.807) is 24.4 Å². The molecule has 0 saturated heterocycles. The van der Waals surface area contributed by atoms with Crippen molar-refractivity contribution in [3.63, 3.8) is 0 Å². The second-order valence-corrected chi connectivity index (χ2v) is 8.36. The van der Waals surface area contributed by atoms with Gasteiger partial charge in [0.1, 0.15) is 0 Å². The summed E-state index contributed by atoms with van der Waals surface area (Å²) in [6.45, 7) is 1.21. The van der Waals surface area contributed by atoms with Crippen LogP contribution in [0.3, 0.4) is 0 Å². The molecular weight excluding hydrogens is 487 g/mol. The van der Waals surface area contributed by atoms with Crippen LogP contribution in [0.2, 0.25) is 15.1 Å². The maximum atomic E-state index is 12.4. The van der Waals surface area contributed by atoms with Gasteiger partial charge in [-0.25, -0.2) is 4.79 Å². The molecule has 0 aliphatic carbocycles. The fraction of sp³-hybridized carbons (Fsp3) is 0.174. The number of nitrogens with one attached hydrogen (secondary N) is 2. The van der Waals surface area contributed by atoms with Gasteiger partial charge >= 0.3 is 5.97 Å². The fourth-order valence-corrected chi connectivity index (χ4v) is 4.01. The van der Waals surface area contributed by atoms with Crippen molar-refractivity contribution < 1.29 is 14.1 Å². The smallest absolute Gasteiger partial charge is 0.345 e. The average Bonchev–Trinajstić information content (AvgIpc) is 3.21. The van der Waals surface area contributed by atoms with Crippen molar-refractivity contribution in [1.82, 2.24) is 10.1 Å². The van der Waals surface area contributed by atoms with E-state index in [0.717, 1.165) is 23.0 Å². The Morgan fingerprint density at radius 3 is 2.58 bits per heavy atom.